The van der Waals surface area contributed by atoms with Crippen LogP contribution in [0.5, 0.6) is 23.0 Å². The van der Waals surface area contributed by atoms with Crippen molar-refractivity contribution in [3.63, 3.8) is 0 Å². The number of esters is 1. The lowest BCUT2D eigenvalue weighted by molar-refractivity contribution is -0.119. The van der Waals surface area contributed by atoms with Gasteiger partial charge in [0, 0.05) is 23.4 Å². The fourth-order valence-corrected chi connectivity index (χ4v) is 7.10. The molecule has 0 saturated carbocycles. The Bertz CT molecular complexity index is 2410. The quantitative estimate of drug-likeness (QED) is 0.0416. The van der Waals surface area contributed by atoms with Crippen molar-refractivity contribution in [3.05, 3.63) is 127 Å². The van der Waals surface area contributed by atoms with Gasteiger partial charge in [-0.15, -0.1) is 0 Å². The zero-order valence-electron chi connectivity index (χ0n) is 32.8. The minimum absolute atomic E-state index is 0.00136. The fraction of sp³-hybridized carbons (Fsp3) is 0.186. The summed E-state index contributed by atoms with van der Waals surface area (Å²) in [5.41, 5.74) is 6.73. The van der Waals surface area contributed by atoms with E-state index in [0.29, 0.717) is 5.69 Å². The van der Waals surface area contributed by atoms with Crippen molar-refractivity contribution in [1.29, 1.82) is 5.26 Å². The number of carbonyl (C=O) groups is 4. The molecule has 0 aliphatic carbocycles. The van der Waals surface area contributed by atoms with E-state index in [9.17, 15) is 32.9 Å². The first-order valence-corrected chi connectivity index (χ1v) is 19.6. The van der Waals surface area contributed by atoms with E-state index < -0.39 is 45.2 Å². The summed E-state index contributed by atoms with van der Waals surface area (Å²) in [5.74, 6) is -4.50. The van der Waals surface area contributed by atoms with Crippen molar-refractivity contribution < 1.29 is 51.3 Å². The Morgan fingerprint density at radius 2 is 1.25 bits per heavy atom. The second-order valence-electron chi connectivity index (χ2n) is 12.5. The van der Waals surface area contributed by atoms with Crippen LogP contribution >= 0.6 is 0 Å². The minimum atomic E-state index is -3.93. The Morgan fingerprint density at radius 1 is 0.717 bits per heavy atom. The van der Waals surface area contributed by atoms with Gasteiger partial charge in [-0.2, -0.15) is 5.26 Å². The molecule has 4 aromatic carbocycles. The number of carbonyl (C=O) groups excluding carboxylic acids is 4. The molecule has 0 radical (unpaired) electrons. The highest BCUT2D eigenvalue weighted by atomic mass is 32.2. The third-order valence-electron chi connectivity index (χ3n) is 8.40. The summed E-state index contributed by atoms with van der Waals surface area (Å²) in [4.78, 5) is 53.2. The van der Waals surface area contributed by atoms with E-state index in [1.54, 1.807) is 0 Å². The van der Waals surface area contributed by atoms with Gasteiger partial charge in [0.1, 0.15) is 25.4 Å². The fourth-order valence-electron chi connectivity index (χ4n) is 5.56. The maximum atomic E-state index is 13.9. The number of nitrogen functional groups attached to an aromatic ring is 1. The van der Waals surface area contributed by atoms with E-state index in [1.807, 2.05) is 6.07 Å². The number of rotatable bonds is 21. The topological polar surface area (TPSA) is 234 Å². The minimum Gasteiger partial charge on any atom is -0.491 e. The number of nitrogens with zero attached hydrogens (tertiary/aromatic N) is 1. The second-order valence-corrected chi connectivity index (χ2v) is 14.6. The lowest BCUT2D eigenvalue weighted by Crippen LogP contribution is -2.29. The van der Waals surface area contributed by atoms with Crippen LogP contribution in [0.1, 0.15) is 37.5 Å². The number of benzene rings is 4. The molecule has 0 fully saturated rings. The van der Waals surface area contributed by atoms with Crippen molar-refractivity contribution in [3.8, 4) is 29.1 Å². The number of nitriles is 1. The Hall–Kier alpha value is -7.58. The lowest BCUT2D eigenvalue weighted by atomic mass is 10.1. The number of nitrogens with two attached hydrogens (primary N) is 1. The number of amides is 3. The van der Waals surface area contributed by atoms with Crippen molar-refractivity contribution in [2.45, 2.75) is 11.3 Å². The zero-order chi connectivity index (χ0) is 43.8. The predicted molar refractivity (Wildman–Crippen MR) is 225 cm³/mol. The molecule has 4 rings (SSSR count). The summed E-state index contributed by atoms with van der Waals surface area (Å²) in [7, 11) is -1.27. The van der Waals surface area contributed by atoms with Crippen LogP contribution in [0, 0.1) is 17.2 Å². The standard InChI is InChI=1S/C43H43N5O11S/c1-6-23-57-36-32(42(51)48-35-20-18-33(43(52)59-25-8-3)37(39(35)56-5)58-24-7-2)17-19-34(38(36)55-4)47-40(49)27-9-13-30(14-10-27)46-41(50)28(21-22-44)26-60(53,54)31-15-11-29(45)12-16-31/h6-20,28H,1-3,21,23-26,45H2,4-5H3,(H,46,50)(H,47,49)(H,48,51)/t28-/m1/s1. The maximum absolute atomic E-state index is 13.9. The van der Waals surface area contributed by atoms with Gasteiger partial charge in [-0.05, 0) is 72.8 Å². The zero-order valence-corrected chi connectivity index (χ0v) is 33.6. The summed E-state index contributed by atoms with van der Waals surface area (Å²) in [6, 6.07) is 18.8. The average Bonchev–Trinajstić information content (AvgIpc) is 3.23. The van der Waals surface area contributed by atoms with Crippen LogP contribution < -0.4 is 40.6 Å². The number of sulfone groups is 1. The molecule has 5 N–H and O–H groups in total. The van der Waals surface area contributed by atoms with E-state index in [4.69, 9.17) is 29.4 Å². The molecule has 0 spiro atoms. The SMILES string of the molecule is C=CCOC(=O)c1ccc(NC(=O)c2ccc(NC(=O)c3ccc(NC(=O)[C@H](CC#N)CS(=O)(=O)c4ccc(N)cc4)cc3)c(OC)c2OCC=C)c(OC)c1OCC=C. The van der Waals surface area contributed by atoms with Crippen LogP contribution in [0.15, 0.2) is 116 Å². The molecule has 16 nitrogen and oxygen atoms in total. The molecule has 1 atom stereocenters. The molecule has 0 unspecified atom stereocenters. The third kappa shape index (κ3) is 11.3. The summed E-state index contributed by atoms with van der Waals surface area (Å²) in [6.45, 7) is 10.8. The lowest BCUT2D eigenvalue weighted by Gasteiger charge is -2.20. The van der Waals surface area contributed by atoms with Crippen LogP contribution in [0.3, 0.4) is 0 Å². The van der Waals surface area contributed by atoms with Crippen LogP contribution in [0.4, 0.5) is 22.7 Å². The summed E-state index contributed by atoms with van der Waals surface area (Å²) in [5, 5.41) is 17.4. The molecule has 4 aromatic rings. The molecule has 3 amide bonds. The van der Waals surface area contributed by atoms with Crippen LogP contribution in [0.2, 0.25) is 0 Å². The Balaban J connectivity index is 1.55. The summed E-state index contributed by atoms with van der Waals surface area (Å²) >= 11 is 0. The van der Waals surface area contributed by atoms with Gasteiger partial charge in [-0.1, -0.05) is 38.0 Å². The monoisotopic (exact) mass is 837 g/mol. The molecular weight excluding hydrogens is 795 g/mol. The van der Waals surface area contributed by atoms with E-state index in [0.717, 1.165) is 0 Å². The third-order valence-corrected chi connectivity index (χ3v) is 10.2. The highest BCUT2D eigenvalue weighted by molar-refractivity contribution is 7.91. The molecule has 0 saturated heterocycles. The highest BCUT2D eigenvalue weighted by Gasteiger charge is 2.28. The summed E-state index contributed by atoms with van der Waals surface area (Å²) < 4.78 is 53.9. The molecule has 312 valence electrons. The van der Waals surface area contributed by atoms with Gasteiger partial charge in [-0.25, -0.2) is 13.2 Å². The van der Waals surface area contributed by atoms with E-state index in [2.05, 4.69) is 35.7 Å². The van der Waals surface area contributed by atoms with Crippen LogP contribution in [-0.2, 0) is 19.4 Å². The van der Waals surface area contributed by atoms with Crippen LogP contribution in [-0.4, -0.2) is 71.9 Å². The first-order chi connectivity index (χ1) is 28.8. The average molecular weight is 838 g/mol. The normalized spacial score (nSPS) is 11.1. The van der Waals surface area contributed by atoms with Gasteiger partial charge < -0.3 is 45.4 Å². The molecule has 0 heterocycles. The van der Waals surface area contributed by atoms with Crippen molar-refractivity contribution in [2.24, 2.45) is 5.92 Å². The van der Waals surface area contributed by atoms with Gasteiger partial charge in [-0.3, -0.25) is 14.4 Å². The molecule has 0 aromatic heterocycles. The molecule has 0 bridgehead atoms. The first-order valence-electron chi connectivity index (χ1n) is 18.0. The van der Waals surface area contributed by atoms with Crippen molar-refractivity contribution in [2.75, 3.05) is 61.5 Å². The number of anilines is 4. The highest BCUT2D eigenvalue weighted by Crippen LogP contribution is 2.42. The van der Waals surface area contributed by atoms with Gasteiger partial charge >= 0.3 is 5.97 Å². The van der Waals surface area contributed by atoms with Gasteiger partial charge in [0.05, 0.1) is 53.8 Å². The van der Waals surface area contributed by atoms with Gasteiger partial charge in [0.15, 0.2) is 32.8 Å². The van der Waals surface area contributed by atoms with Crippen LogP contribution in [0.25, 0.3) is 0 Å². The molecule has 0 aliphatic rings. The molecule has 0 aliphatic heterocycles. The Morgan fingerprint density at radius 3 is 1.78 bits per heavy atom. The smallest absolute Gasteiger partial charge is 0.342 e. The van der Waals surface area contributed by atoms with E-state index in [1.165, 1.54) is 105 Å². The molecule has 17 heteroatoms. The predicted octanol–water partition coefficient (Wildman–Crippen LogP) is 6.21. The largest absolute Gasteiger partial charge is 0.491 e. The van der Waals surface area contributed by atoms with Gasteiger partial charge in [0.2, 0.25) is 5.91 Å². The number of nitrogens with one attached hydrogen (secondary N) is 3. The Labute approximate surface area is 347 Å². The number of hydrogen-bond acceptors (Lipinski definition) is 13. The number of ether oxygens (including phenoxy) is 5. The maximum Gasteiger partial charge on any atom is 0.342 e. The van der Waals surface area contributed by atoms with Gasteiger partial charge in [0.25, 0.3) is 11.8 Å². The molecule has 60 heavy (non-hydrogen) atoms. The Kier molecular flexibility index (Phi) is 16.0. The second kappa shape index (κ2) is 21.3. The summed E-state index contributed by atoms with van der Waals surface area (Å²) in [6.07, 6.45) is 3.97. The number of methoxy groups -OCH3 is 2. The van der Waals surface area contributed by atoms with Crippen molar-refractivity contribution in [1.82, 2.24) is 0 Å². The van der Waals surface area contributed by atoms with E-state index in [-0.39, 0.29) is 87.9 Å². The number of hydrogen-bond donors (Lipinski definition) is 4. The van der Waals surface area contributed by atoms with Crippen molar-refractivity contribution >= 4 is 56.3 Å². The first kappa shape index (κ1) is 45.1. The molecular formula is C43H43N5O11S. The van der Waals surface area contributed by atoms with E-state index >= 15 is 0 Å².